The van der Waals surface area contributed by atoms with E-state index in [2.05, 4.69) is 0 Å². The van der Waals surface area contributed by atoms with E-state index in [1.807, 2.05) is 16.7 Å². The zero-order valence-electron chi connectivity index (χ0n) is 7.49. The second-order valence-electron chi connectivity index (χ2n) is 3.57. The molecular weight excluding hydrogens is 186 g/mol. The molecule has 0 radical (unpaired) electrons. The molecule has 2 fully saturated rings. The van der Waals surface area contributed by atoms with Crippen molar-refractivity contribution in [3.8, 4) is 0 Å². The lowest BCUT2D eigenvalue weighted by molar-refractivity contribution is -0.141. The van der Waals surface area contributed by atoms with Crippen molar-refractivity contribution < 1.29 is 9.59 Å². The maximum atomic E-state index is 11.5. The monoisotopic (exact) mass is 199 g/mol. The third-order valence-corrected chi connectivity index (χ3v) is 3.79. The summed E-state index contributed by atoms with van der Waals surface area (Å²) in [5.74, 6) is 2.36. The van der Waals surface area contributed by atoms with Gasteiger partial charge in [0.15, 0.2) is 0 Å². The lowest BCUT2D eigenvalue weighted by Crippen LogP contribution is -2.45. The highest BCUT2D eigenvalue weighted by Crippen LogP contribution is 2.24. The first-order chi connectivity index (χ1) is 6.27. The van der Waals surface area contributed by atoms with Crippen LogP contribution in [0.25, 0.3) is 0 Å². The molecule has 2 saturated heterocycles. The van der Waals surface area contributed by atoms with Crippen LogP contribution in [0.4, 0.5) is 0 Å². The van der Waals surface area contributed by atoms with Gasteiger partial charge in [-0.2, -0.15) is 11.8 Å². The molecule has 0 aromatic rings. The second kappa shape index (κ2) is 3.70. The summed E-state index contributed by atoms with van der Waals surface area (Å²) < 4.78 is 0. The molecule has 0 aliphatic carbocycles. The topological polar surface area (TPSA) is 37.4 Å². The predicted octanol–water partition coefficient (Wildman–Crippen LogP) is 0.683. The van der Waals surface area contributed by atoms with Gasteiger partial charge in [-0.25, -0.2) is 0 Å². The standard InChI is InChI=1S/C9H13NO2S/c11-8-1-3-10(9(12)5-8)7-2-4-13-6-7/h7H,1-6H2. The molecular formula is C9H13NO2S. The molecule has 0 bridgehead atoms. The van der Waals surface area contributed by atoms with Gasteiger partial charge in [0, 0.05) is 24.8 Å². The lowest BCUT2D eigenvalue weighted by Gasteiger charge is -2.31. The van der Waals surface area contributed by atoms with E-state index in [4.69, 9.17) is 0 Å². The first-order valence-electron chi connectivity index (χ1n) is 4.66. The number of likely N-dealkylation sites (tertiary alicyclic amines) is 1. The van der Waals surface area contributed by atoms with Crippen molar-refractivity contribution in [1.82, 2.24) is 4.90 Å². The van der Waals surface area contributed by atoms with E-state index in [1.165, 1.54) is 0 Å². The van der Waals surface area contributed by atoms with Crippen LogP contribution in [0.3, 0.4) is 0 Å². The quantitative estimate of drug-likeness (QED) is 0.583. The molecule has 4 heteroatoms. The van der Waals surface area contributed by atoms with Crippen molar-refractivity contribution in [1.29, 1.82) is 0 Å². The average Bonchev–Trinajstić information content (AvgIpc) is 2.56. The maximum Gasteiger partial charge on any atom is 0.230 e. The molecule has 3 nitrogen and oxygen atoms in total. The molecule has 2 heterocycles. The Morgan fingerprint density at radius 1 is 1.38 bits per heavy atom. The van der Waals surface area contributed by atoms with E-state index in [0.29, 0.717) is 19.0 Å². The number of hydrogen-bond acceptors (Lipinski definition) is 3. The first kappa shape index (κ1) is 9.06. The van der Waals surface area contributed by atoms with Crippen molar-refractivity contribution in [2.24, 2.45) is 0 Å². The van der Waals surface area contributed by atoms with Gasteiger partial charge in [0.05, 0.1) is 6.42 Å². The molecule has 2 aliphatic heterocycles. The summed E-state index contributed by atoms with van der Waals surface area (Å²) in [6.45, 7) is 0.656. The van der Waals surface area contributed by atoms with E-state index in [0.717, 1.165) is 17.9 Å². The summed E-state index contributed by atoms with van der Waals surface area (Å²) in [5.41, 5.74) is 0. The maximum absolute atomic E-state index is 11.5. The number of carbonyl (C=O) groups is 2. The molecule has 0 saturated carbocycles. The van der Waals surface area contributed by atoms with Crippen molar-refractivity contribution in [2.45, 2.75) is 25.3 Å². The number of ketones is 1. The van der Waals surface area contributed by atoms with Crippen LogP contribution in [0.2, 0.25) is 0 Å². The van der Waals surface area contributed by atoms with Crippen LogP contribution in [0.1, 0.15) is 19.3 Å². The second-order valence-corrected chi connectivity index (χ2v) is 4.72. The molecule has 72 valence electrons. The van der Waals surface area contributed by atoms with E-state index in [1.54, 1.807) is 0 Å². The number of carbonyl (C=O) groups excluding carboxylic acids is 2. The molecule has 1 unspecified atom stereocenters. The van der Waals surface area contributed by atoms with E-state index >= 15 is 0 Å². The number of nitrogens with zero attached hydrogens (tertiary/aromatic N) is 1. The van der Waals surface area contributed by atoms with Crippen LogP contribution in [0, 0.1) is 0 Å². The zero-order valence-corrected chi connectivity index (χ0v) is 8.31. The van der Waals surface area contributed by atoms with E-state index in [-0.39, 0.29) is 18.1 Å². The minimum Gasteiger partial charge on any atom is -0.338 e. The largest absolute Gasteiger partial charge is 0.338 e. The fourth-order valence-corrected chi connectivity index (χ4v) is 3.11. The highest BCUT2D eigenvalue weighted by molar-refractivity contribution is 7.99. The molecule has 0 aromatic heterocycles. The Balaban J connectivity index is 1.98. The van der Waals surface area contributed by atoms with Gasteiger partial charge >= 0.3 is 0 Å². The van der Waals surface area contributed by atoms with Crippen molar-refractivity contribution in [2.75, 3.05) is 18.1 Å². The molecule has 1 amide bonds. The predicted molar refractivity (Wildman–Crippen MR) is 51.7 cm³/mol. The Hall–Kier alpha value is -0.510. The van der Waals surface area contributed by atoms with Crippen LogP contribution in [0.5, 0.6) is 0 Å². The fraction of sp³-hybridized carbons (Fsp3) is 0.778. The molecule has 0 N–H and O–H groups in total. The smallest absolute Gasteiger partial charge is 0.230 e. The zero-order chi connectivity index (χ0) is 9.26. The summed E-state index contributed by atoms with van der Waals surface area (Å²) >= 11 is 1.90. The Labute approximate surface area is 81.9 Å². The van der Waals surface area contributed by atoms with Crippen LogP contribution in [-0.2, 0) is 9.59 Å². The molecule has 0 spiro atoms. The Morgan fingerprint density at radius 2 is 2.23 bits per heavy atom. The van der Waals surface area contributed by atoms with Gasteiger partial charge in [0.1, 0.15) is 5.78 Å². The minimum atomic E-state index is 0.0451. The molecule has 2 aliphatic rings. The van der Waals surface area contributed by atoms with Crippen LogP contribution >= 0.6 is 11.8 Å². The summed E-state index contributed by atoms with van der Waals surface area (Å²) in [7, 11) is 0. The van der Waals surface area contributed by atoms with Crippen LogP contribution < -0.4 is 0 Å². The molecule has 0 aromatic carbocycles. The van der Waals surface area contributed by atoms with Crippen molar-refractivity contribution in [3.05, 3.63) is 0 Å². The highest BCUT2D eigenvalue weighted by atomic mass is 32.2. The van der Waals surface area contributed by atoms with Gasteiger partial charge in [-0.1, -0.05) is 0 Å². The Kier molecular flexibility index (Phi) is 2.58. The normalized spacial score (nSPS) is 29.8. The number of piperidine rings is 1. The number of amides is 1. The molecule has 1 atom stereocenters. The van der Waals surface area contributed by atoms with Gasteiger partial charge < -0.3 is 4.90 Å². The van der Waals surface area contributed by atoms with Crippen LogP contribution in [-0.4, -0.2) is 40.7 Å². The van der Waals surface area contributed by atoms with E-state index < -0.39 is 0 Å². The summed E-state index contributed by atoms with van der Waals surface area (Å²) in [6, 6.07) is 0.408. The third-order valence-electron chi connectivity index (χ3n) is 2.65. The SMILES string of the molecule is O=C1CCN(C2CCSC2)C(=O)C1. The van der Waals surface area contributed by atoms with Gasteiger partial charge in [-0.15, -0.1) is 0 Å². The molecule has 13 heavy (non-hydrogen) atoms. The number of hydrogen-bond donors (Lipinski definition) is 0. The van der Waals surface area contributed by atoms with Gasteiger partial charge in [-0.3, -0.25) is 9.59 Å². The Bertz CT molecular complexity index is 236. The number of Topliss-reactive ketones (excluding diaryl/α,β-unsaturated/α-hetero) is 1. The highest BCUT2D eigenvalue weighted by Gasteiger charge is 2.31. The van der Waals surface area contributed by atoms with Crippen molar-refractivity contribution >= 4 is 23.5 Å². The lowest BCUT2D eigenvalue weighted by atomic mass is 10.1. The molecule has 2 rings (SSSR count). The summed E-state index contributed by atoms with van der Waals surface area (Å²) in [4.78, 5) is 24.4. The summed E-state index contributed by atoms with van der Waals surface area (Å²) in [5, 5.41) is 0. The first-order valence-corrected chi connectivity index (χ1v) is 5.82. The summed E-state index contributed by atoms with van der Waals surface area (Å²) in [6.07, 6.45) is 1.80. The van der Waals surface area contributed by atoms with E-state index in [9.17, 15) is 9.59 Å². The number of rotatable bonds is 1. The average molecular weight is 199 g/mol. The van der Waals surface area contributed by atoms with Crippen LogP contribution in [0.15, 0.2) is 0 Å². The Morgan fingerprint density at radius 3 is 2.85 bits per heavy atom. The minimum absolute atomic E-state index is 0.0451. The fourth-order valence-electron chi connectivity index (χ4n) is 1.88. The third kappa shape index (κ3) is 1.88. The van der Waals surface area contributed by atoms with Gasteiger partial charge in [-0.05, 0) is 12.2 Å². The van der Waals surface area contributed by atoms with Crippen molar-refractivity contribution in [3.63, 3.8) is 0 Å². The van der Waals surface area contributed by atoms with Gasteiger partial charge in [0.2, 0.25) is 5.91 Å². The number of thioether (sulfide) groups is 1. The van der Waals surface area contributed by atoms with Gasteiger partial charge in [0.25, 0.3) is 0 Å².